The summed E-state index contributed by atoms with van der Waals surface area (Å²) in [4.78, 5) is 32.8. The fraction of sp³-hybridized carbons (Fsp3) is 0.346. The Morgan fingerprint density at radius 3 is 2.79 bits per heavy atom. The Hall–Kier alpha value is -3.81. The number of hydrogen-bond donors (Lipinski definition) is 1. The maximum Gasteiger partial charge on any atom is 0.219 e. The molecule has 0 spiro atoms. The van der Waals surface area contributed by atoms with Crippen LogP contribution in [0.3, 0.4) is 0 Å². The van der Waals surface area contributed by atoms with E-state index in [1.54, 1.807) is 13.1 Å². The normalized spacial score (nSPS) is 18.3. The predicted molar refractivity (Wildman–Crippen MR) is 133 cm³/mol. The minimum absolute atomic E-state index is 0.0720. The monoisotopic (exact) mass is 455 g/mol. The first kappa shape index (κ1) is 22.0. The molecule has 0 aromatic carbocycles. The first-order valence-electron chi connectivity index (χ1n) is 11.6. The van der Waals surface area contributed by atoms with Crippen molar-refractivity contribution in [1.29, 1.82) is 0 Å². The molecule has 1 aliphatic rings. The molecule has 1 N–H and O–H groups in total. The molecule has 4 aromatic rings. The van der Waals surface area contributed by atoms with Crippen LogP contribution < -0.4 is 5.32 Å². The lowest BCUT2D eigenvalue weighted by molar-refractivity contribution is -0.132. The van der Waals surface area contributed by atoms with E-state index in [1.165, 1.54) is 0 Å². The third kappa shape index (κ3) is 4.23. The summed E-state index contributed by atoms with van der Waals surface area (Å²) in [5.74, 6) is 1.63. The molecule has 0 aliphatic carbocycles. The SMILES string of the molecule is CC(=O)N1C[C@H](c2nc(Nc3ccnc(C)c3)cc(-c3cncc4c3ccn4C)n2)CC[C@@H]1C. The van der Waals surface area contributed by atoms with Crippen LogP contribution >= 0.6 is 0 Å². The summed E-state index contributed by atoms with van der Waals surface area (Å²) in [6.07, 6.45) is 9.41. The molecule has 34 heavy (non-hydrogen) atoms. The first-order valence-corrected chi connectivity index (χ1v) is 11.6. The van der Waals surface area contributed by atoms with Crippen molar-refractivity contribution in [3.05, 3.63) is 60.6 Å². The summed E-state index contributed by atoms with van der Waals surface area (Å²) in [5.41, 5.74) is 4.67. The number of anilines is 2. The Kier molecular flexibility index (Phi) is 5.73. The second-order valence-corrected chi connectivity index (χ2v) is 9.15. The molecule has 2 atom stereocenters. The second-order valence-electron chi connectivity index (χ2n) is 9.15. The highest BCUT2D eigenvalue weighted by molar-refractivity contribution is 5.94. The molecule has 1 saturated heterocycles. The van der Waals surface area contributed by atoms with E-state index in [0.717, 1.165) is 52.2 Å². The molecule has 1 aliphatic heterocycles. The van der Waals surface area contributed by atoms with Crippen LogP contribution in [0.1, 0.15) is 44.1 Å². The smallest absolute Gasteiger partial charge is 0.219 e. The zero-order valence-corrected chi connectivity index (χ0v) is 20.0. The van der Waals surface area contributed by atoms with Crippen molar-refractivity contribution in [2.24, 2.45) is 7.05 Å². The number of likely N-dealkylation sites (tertiary alicyclic amines) is 1. The number of carbonyl (C=O) groups excluding carboxylic acids is 1. The van der Waals surface area contributed by atoms with Crippen molar-refractivity contribution >= 4 is 28.3 Å². The number of piperidine rings is 1. The van der Waals surface area contributed by atoms with E-state index < -0.39 is 0 Å². The number of amides is 1. The lowest BCUT2D eigenvalue weighted by atomic mass is 9.92. The Bertz CT molecular complexity index is 1360. The van der Waals surface area contributed by atoms with Gasteiger partial charge in [-0.25, -0.2) is 9.97 Å². The molecule has 5 rings (SSSR count). The lowest BCUT2D eigenvalue weighted by Gasteiger charge is -2.37. The zero-order chi connectivity index (χ0) is 23.8. The van der Waals surface area contributed by atoms with E-state index in [2.05, 4.69) is 32.8 Å². The van der Waals surface area contributed by atoms with E-state index >= 15 is 0 Å². The third-order valence-electron chi connectivity index (χ3n) is 6.65. The fourth-order valence-corrected chi connectivity index (χ4v) is 4.76. The van der Waals surface area contributed by atoms with Gasteiger partial charge in [0.25, 0.3) is 0 Å². The summed E-state index contributed by atoms with van der Waals surface area (Å²) in [5, 5.41) is 4.53. The van der Waals surface area contributed by atoms with Gasteiger partial charge in [-0.05, 0) is 44.9 Å². The van der Waals surface area contributed by atoms with Gasteiger partial charge in [0.1, 0.15) is 11.6 Å². The maximum atomic E-state index is 12.2. The average molecular weight is 456 g/mol. The van der Waals surface area contributed by atoms with Crippen LogP contribution in [0.15, 0.2) is 49.1 Å². The molecular weight excluding hydrogens is 426 g/mol. The molecule has 0 bridgehead atoms. The van der Waals surface area contributed by atoms with E-state index in [4.69, 9.17) is 9.97 Å². The number of nitrogens with zero attached hydrogens (tertiary/aromatic N) is 6. The van der Waals surface area contributed by atoms with Gasteiger partial charge < -0.3 is 14.8 Å². The zero-order valence-electron chi connectivity index (χ0n) is 20.0. The van der Waals surface area contributed by atoms with Crippen molar-refractivity contribution in [2.45, 2.75) is 45.6 Å². The number of pyridine rings is 2. The molecular formula is C26H29N7O. The maximum absolute atomic E-state index is 12.2. The van der Waals surface area contributed by atoms with Crippen molar-refractivity contribution in [2.75, 3.05) is 11.9 Å². The minimum atomic E-state index is 0.0720. The molecule has 1 amide bonds. The highest BCUT2D eigenvalue weighted by Crippen LogP contribution is 2.33. The van der Waals surface area contributed by atoms with Crippen molar-refractivity contribution < 1.29 is 4.79 Å². The van der Waals surface area contributed by atoms with Gasteiger partial charge in [0, 0.05) is 79.5 Å². The van der Waals surface area contributed by atoms with E-state index in [0.29, 0.717) is 12.4 Å². The van der Waals surface area contributed by atoms with Crippen molar-refractivity contribution in [3.8, 4) is 11.3 Å². The Morgan fingerprint density at radius 1 is 1.15 bits per heavy atom. The van der Waals surface area contributed by atoms with Crippen molar-refractivity contribution in [3.63, 3.8) is 0 Å². The van der Waals surface area contributed by atoms with E-state index in [9.17, 15) is 4.79 Å². The topological polar surface area (TPSA) is 88.8 Å². The second kappa shape index (κ2) is 8.85. The Balaban J connectivity index is 1.60. The van der Waals surface area contributed by atoms with Crippen LogP contribution in [0.25, 0.3) is 22.2 Å². The first-order chi connectivity index (χ1) is 16.4. The van der Waals surface area contributed by atoms with Crippen LogP contribution in [-0.2, 0) is 11.8 Å². The van der Waals surface area contributed by atoms with Gasteiger partial charge in [0.2, 0.25) is 5.91 Å². The highest BCUT2D eigenvalue weighted by Gasteiger charge is 2.30. The standard InChI is InChI=1S/C26H29N7O/c1-16-11-20(7-9-28-16)29-25-12-23(22-13-27-14-24-21(22)8-10-32(24)4)30-26(31-25)19-6-5-17(2)33(15-19)18(3)34/h7-14,17,19H,5-6,15H2,1-4H3,(H,28,29,30,31)/t17-,19+/m0/s1. The molecule has 174 valence electrons. The van der Waals surface area contributed by atoms with Crippen molar-refractivity contribution in [1.82, 2.24) is 29.4 Å². The highest BCUT2D eigenvalue weighted by atomic mass is 16.2. The molecule has 0 saturated carbocycles. The number of aromatic nitrogens is 5. The Morgan fingerprint density at radius 2 is 2.00 bits per heavy atom. The number of nitrogens with one attached hydrogen (secondary N) is 1. The summed E-state index contributed by atoms with van der Waals surface area (Å²) >= 11 is 0. The van der Waals surface area contributed by atoms with E-state index in [-0.39, 0.29) is 17.9 Å². The quantitative estimate of drug-likeness (QED) is 0.484. The van der Waals surface area contributed by atoms with Crippen LogP contribution in [0.4, 0.5) is 11.5 Å². The van der Waals surface area contributed by atoms with Gasteiger partial charge in [0.15, 0.2) is 0 Å². The summed E-state index contributed by atoms with van der Waals surface area (Å²) in [6.45, 7) is 6.33. The van der Waals surface area contributed by atoms with Gasteiger partial charge in [-0.2, -0.15) is 0 Å². The number of rotatable bonds is 4. The van der Waals surface area contributed by atoms with Gasteiger partial charge in [-0.1, -0.05) is 0 Å². The van der Waals surface area contributed by atoms with Gasteiger partial charge in [-0.3, -0.25) is 14.8 Å². The number of aryl methyl sites for hydroxylation is 2. The largest absolute Gasteiger partial charge is 0.349 e. The fourth-order valence-electron chi connectivity index (χ4n) is 4.76. The molecule has 8 heteroatoms. The number of carbonyl (C=O) groups is 1. The summed E-state index contributed by atoms with van der Waals surface area (Å²) in [7, 11) is 2.01. The molecule has 1 fully saturated rings. The molecule has 0 radical (unpaired) electrons. The van der Waals surface area contributed by atoms with Crippen LogP contribution in [-0.4, -0.2) is 47.9 Å². The minimum Gasteiger partial charge on any atom is -0.349 e. The van der Waals surface area contributed by atoms with Gasteiger partial charge in [-0.15, -0.1) is 0 Å². The molecule has 8 nitrogen and oxygen atoms in total. The van der Waals surface area contributed by atoms with Crippen LogP contribution in [0.5, 0.6) is 0 Å². The van der Waals surface area contributed by atoms with E-state index in [1.807, 2.05) is 55.7 Å². The number of hydrogen-bond acceptors (Lipinski definition) is 6. The lowest BCUT2D eigenvalue weighted by Crippen LogP contribution is -2.44. The third-order valence-corrected chi connectivity index (χ3v) is 6.65. The van der Waals surface area contributed by atoms with Crippen LogP contribution in [0.2, 0.25) is 0 Å². The molecule has 5 heterocycles. The molecule has 4 aromatic heterocycles. The summed E-state index contributed by atoms with van der Waals surface area (Å²) < 4.78 is 2.06. The predicted octanol–water partition coefficient (Wildman–Crippen LogP) is 4.59. The summed E-state index contributed by atoms with van der Waals surface area (Å²) in [6, 6.07) is 8.20. The van der Waals surface area contributed by atoms with Gasteiger partial charge in [0.05, 0.1) is 17.4 Å². The Labute approximate surface area is 199 Å². The number of fused-ring (bicyclic) bond motifs is 1. The average Bonchev–Trinajstić information content (AvgIpc) is 3.20. The molecule has 0 unspecified atom stereocenters. The van der Waals surface area contributed by atoms with Crippen LogP contribution in [0, 0.1) is 6.92 Å². The van der Waals surface area contributed by atoms with Gasteiger partial charge >= 0.3 is 0 Å².